The lowest BCUT2D eigenvalue weighted by atomic mass is 10.0. The van der Waals surface area contributed by atoms with E-state index < -0.39 is 29.5 Å². The third-order valence-corrected chi connectivity index (χ3v) is 5.13. The number of ether oxygens (including phenoxy) is 5. The average molecular weight is 520 g/mol. The minimum absolute atomic E-state index is 0.00320. The second kappa shape index (κ2) is 12.4. The molecule has 1 N–H and O–H groups in total. The van der Waals surface area contributed by atoms with Crippen LogP contribution in [0.25, 0.3) is 0 Å². The topological polar surface area (TPSA) is 92.3 Å². The highest BCUT2D eigenvalue weighted by Gasteiger charge is 2.27. The normalized spacial score (nSPS) is 17.4. The number of rotatable bonds is 9. The number of carbonyl (C=O) groups is 2. The smallest absolute Gasteiger partial charge is 0.408 e. The van der Waals surface area contributed by atoms with Crippen LogP contribution in [0.15, 0.2) is 16.6 Å². The minimum Gasteiger partial charge on any atom is -0.487 e. The molecular formula is C22H31BrFNO7. The molecule has 10 heteroatoms. The van der Waals surface area contributed by atoms with Gasteiger partial charge in [-0.15, -0.1) is 0 Å². The van der Waals surface area contributed by atoms with E-state index in [0.29, 0.717) is 11.1 Å². The van der Waals surface area contributed by atoms with Gasteiger partial charge < -0.3 is 29.0 Å². The van der Waals surface area contributed by atoms with Gasteiger partial charge in [-0.1, -0.05) is 6.07 Å². The van der Waals surface area contributed by atoms with E-state index >= 15 is 4.39 Å². The van der Waals surface area contributed by atoms with Crippen LogP contribution in [0.4, 0.5) is 9.18 Å². The molecule has 0 aliphatic carbocycles. The standard InChI is InChI=1S/C22H31BrFNO7/c1-22(2,3)32-21(27)25-16(20(26)28-4)13-14-8-9-15(23)19(18(14)24)31-12-11-30-17-7-5-6-10-29-17/h8-9,16-17H,5-7,10-13H2,1-4H3,(H,25,27)/t16-,17?/m0/s1. The van der Waals surface area contributed by atoms with Gasteiger partial charge in [-0.2, -0.15) is 0 Å². The molecule has 32 heavy (non-hydrogen) atoms. The molecule has 1 heterocycles. The number of benzene rings is 1. The number of halogens is 2. The van der Waals surface area contributed by atoms with Crippen LogP contribution in [0.5, 0.6) is 5.75 Å². The molecule has 1 aliphatic heterocycles. The zero-order valence-electron chi connectivity index (χ0n) is 18.9. The van der Waals surface area contributed by atoms with Gasteiger partial charge in [0.1, 0.15) is 18.2 Å². The van der Waals surface area contributed by atoms with Gasteiger partial charge in [0, 0.05) is 13.0 Å². The summed E-state index contributed by atoms with van der Waals surface area (Å²) in [6, 6.07) is 1.98. The molecule has 1 unspecified atom stereocenters. The molecule has 0 bridgehead atoms. The molecule has 1 saturated heterocycles. The van der Waals surface area contributed by atoms with Crippen molar-refractivity contribution in [3.8, 4) is 5.75 Å². The molecule has 180 valence electrons. The van der Waals surface area contributed by atoms with Crippen molar-refractivity contribution in [1.82, 2.24) is 5.32 Å². The number of hydrogen-bond donors (Lipinski definition) is 1. The van der Waals surface area contributed by atoms with Gasteiger partial charge in [0.15, 0.2) is 17.9 Å². The van der Waals surface area contributed by atoms with Gasteiger partial charge in [0.2, 0.25) is 0 Å². The number of hydrogen-bond acceptors (Lipinski definition) is 7. The van der Waals surface area contributed by atoms with Gasteiger partial charge in [-0.05, 0) is 67.6 Å². The van der Waals surface area contributed by atoms with Crippen molar-refractivity contribution in [2.45, 2.75) is 64.4 Å². The molecule has 1 fully saturated rings. The predicted octanol–water partition coefficient (Wildman–Crippen LogP) is 4.12. The second-order valence-electron chi connectivity index (χ2n) is 8.29. The lowest BCUT2D eigenvalue weighted by molar-refractivity contribution is -0.165. The summed E-state index contributed by atoms with van der Waals surface area (Å²) in [6.07, 6.45) is 1.69. The molecule has 1 aliphatic rings. The first-order valence-electron chi connectivity index (χ1n) is 10.5. The zero-order chi connectivity index (χ0) is 23.7. The molecule has 1 aromatic rings. The van der Waals surface area contributed by atoms with Crippen molar-refractivity contribution in [1.29, 1.82) is 0 Å². The lowest BCUT2D eigenvalue weighted by Crippen LogP contribution is -2.45. The number of nitrogens with one attached hydrogen (secondary N) is 1. The largest absolute Gasteiger partial charge is 0.487 e. The van der Waals surface area contributed by atoms with Gasteiger partial charge >= 0.3 is 12.1 Å². The van der Waals surface area contributed by atoms with Crippen molar-refractivity contribution in [2.24, 2.45) is 0 Å². The fourth-order valence-corrected chi connectivity index (χ4v) is 3.46. The highest BCUT2D eigenvalue weighted by Crippen LogP contribution is 2.31. The summed E-state index contributed by atoms with van der Waals surface area (Å²) in [7, 11) is 1.19. The molecule has 2 atom stereocenters. The minimum atomic E-state index is -1.13. The number of esters is 1. The van der Waals surface area contributed by atoms with E-state index in [4.69, 9.17) is 23.7 Å². The third kappa shape index (κ3) is 8.55. The van der Waals surface area contributed by atoms with Crippen LogP contribution in [0.3, 0.4) is 0 Å². The Labute approximate surface area is 196 Å². The fourth-order valence-electron chi connectivity index (χ4n) is 3.03. The Bertz CT molecular complexity index is 778. The lowest BCUT2D eigenvalue weighted by Gasteiger charge is -2.23. The Balaban J connectivity index is 2.02. The van der Waals surface area contributed by atoms with Crippen molar-refractivity contribution < 1.29 is 37.7 Å². The van der Waals surface area contributed by atoms with Gasteiger partial charge in [-0.3, -0.25) is 0 Å². The number of methoxy groups -OCH3 is 1. The van der Waals surface area contributed by atoms with Crippen LogP contribution in [0, 0.1) is 5.82 Å². The molecule has 0 spiro atoms. The molecular weight excluding hydrogens is 489 g/mol. The summed E-state index contributed by atoms with van der Waals surface area (Å²) in [4.78, 5) is 24.3. The molecule has 1 amide bonds. The van der Waals surface area contributed by atoms with Crippen LogP contribution in [0.1, 0.15) is 45.6 Å². The number of amides is 1. The first-order valence-corrected chi connectivity index (χ1v) is 11.3. The van der Waals surface area contributed by atoms with Crippen molar-refractivity contribution in [2.75, 3.05) is 26.9 Å². The van der Waals surface area contributed by atoms with Crippen LogP contribution in [0.2, 0.25) is 0 Å². The molecule has 0 radical (unpaired) electrons. The van der Waals surface area contributed by atoms with E-state index in [2.05, 4.69) is 21.2 Å². The highest BCUT2D eigenvalue weighted by molar-refractivity contribution is 9.10. The average Bonchev–Trinajstić information content (AvgIpc) is 2.73. The SMILES string of the molecule is COC(=O)[C@H](Cc1ccc(Br)c(OCCOC2CCCCO2)c1F)NC(=O)OC(C)(C)C. The fraction of sp³-hybridized carbons (Fsp3) is 0.636. The molecule has 0 aromatic heterocycles. The third-order valence-electron chi connectivity index (χ3n) is 4.50. The van der Waals surface area contributed by atoms with E-state index in [1.807, 2.05) is 0 Å². The number of carbonyl (C=O) groups excluding carboxylic acids is 2. The maximum atomic E-state index is 15.1. The Kier molecular flexibility index (Phi) is 10.2. The molecule has 2 rings (SSSR count). The summed E-state index contributed by atoms with van der Waals surface area (Å²) in [5.74, 6) is -1.37. The monoisotopic (exact) mass is 519 g/mol. The Morgan fingerprint density at radius 2 is 2.03 bits per heavy atom. The van der Waals surface area contributed by atoms with Gasteiger partial charge in [0.05, 0.1) is 18.2 Å². The summed E-state index contributed by atoms with van der Waals surface area (Å²) >= 11 is 3.28. The quantitative estimate of drug-likeness (QED) is 0.387. The van der Waals surface area contributed by atoms with E-state index in [0.717, 1.165) is 19.3 Å². The summed E-state index contributed by atoms with van der Waals surface area (Å²) in [6.45, 7) is 6.12. The number of alkyl carbamates (subject to hydrolysis) is 1. The Morgan fingerprint density at radius 1 is 1.28 bits per heavy atom. The first-order chi connectivity index (χ1) is 15.1. The summed E-state index contributed by atoms with van der Waals surface area (Å²) in [5.41, 5.74) is -0.578. The predicted molar refractivity (Wildman–Crippen MR) is 118 cm³/mol. The van der Waals surface area contributed by atoms with Crippen LogP contribution >= 0.6 is 15.9 Å². The second-order valence-corrected chi connectivity index (χ2v) is 9.15. The van der Waals surface area contributed by atoms with Crippen LogP contribution < -0.4 is 10.1 Å². The summed E-state index contributed by atoms with van der Waals surface area (Å²) < 4.78 is 42.2. The molecule has 1 aromatic carbocycles. The van der Waals surface area contributed by atoms with Crippen LogP contribution in [-0.2, 0) is 30.2 Å². The zero-order valence-corrected chi connectivity index (χ0v) is 20.5. The summed E-state index contributed by atoms with van der Waals surface area (Å²) in [5, 5.41) is 2.43. The highest BCUT2D eigenvalue weighted by atomic mass is 79.9. The maximum absolute atomic E-state index is 15.1. The Morgan fingerprint density at radius 3 is 2.66 bits per heavy atom. The van der Waals surface area contributed by atoms with E-state index in [9.17, 15) is 9.59 Å². The molecule has 0 saturated carbocycles. The van der Waals surface area contributed by atoms with Crippen LogP contribution in [-0.4, -0.2) is 56.9 Å². The van der Waals surface area contributed by atoms with Crippen molar-refractivity contribution >= 4 is 28.0 Å². The van der Waals surface area contributed by atoms with Crippen molar-refractivity contribution in [3.05, 3.63) is 28.0 Å². The molecule has 8 nitrogen and oxygen atoms in total. The Hall–Kier alpha value is -1.91. The van der Waals surface area contributed by atoms with E-state index in [1.54, 1.807) is 26.8 Å². The first kappa shape index (κ1) is 26.3. The maximum Gasteiger partial charge on any atom is 0.408 e. The van der Waals surface area contributed by atoms with E-state index in [1.165, 1.54) is 13.2 Å². The van der Waals surface area contributed by atoms with E-state index in [-0.39, 0.29) is 37.2 Å². The van der Waals surface area contributed by atoms with Crippen molar-refractivity contribution in [3.63, 3.8) is 0 Å². The van der Waals surface area contributed by atoms with Gasteiger partial charge in [0.25, 0.3) is 0 Å². The van der Waals surface area contributed by atoms with Gasteiger partial charge in [-0.25, -0.2) is 14.0 Å².